The molecule has 0 spiro atoms. The normalized spacial score (nSPS) is 14.4. The van der Waals surface area contributed by atoms with Crippen LogP contribution in [0.4, 0.5) is 5.69 Å². The van der Waals surface area contributed by atoms with Crippen LogP contribution in [0.5, 0.6) is 0 Å². The molecule has 0 radical (unpaired) electrons. The minimum Gasteiger partial charge on any atom is -0.352 e. The van der Waals surface area contributed by atoms with Crippen molar-refractivity contribution >= 4 is 66.7 Å². The molecule has 3 aromatic carbocycles. The minimum absolute atomic E-state index is 0.0159. The summed E-state index contributed by atoms with van der Waals surface area (Å²) in [5, 5.41) is 3.92. The maximum atomic E-state index is 14.2. The molecule has 1 N–H and O–H groups in total. The lowest BCUT2D eigenvalue weighted by Gasteiger charge is -2.34. The first-order valence-corrected chi connectivity index (χ1v) is 16.7. The van der Waals surface area contributed by atoms with Crippen molar-refractivity contribution in [3.63, 3.8) is 0 Å². The number of halogens is 3. The lowest BCUT2D eigenvalue weighted by atomic mass is 10.0. The number of benzene rings is 3. The third kappa shape index (κ3) is 8.47. The number of nitrogens with one attached hydrogen (secondary N) is 1. The van der Waals surface area contributed by atoms with E-state index in [0.717, 1.165) is 41.8 Å². The monoisotopic (exact) mass is 679 g/mol. The number of carbonyl (C=O) groups excluding carboxylic acids is 2. The van der Waals surface area contributed by atoms with E-state index >= 15 is 0 Å². The van der Waals surface area contributed by atoms with Crippen LogP contribution in [-0.2, 0) is 32.6 Å². The highest BCUT2D eigenvalue weighted by molar-refractivity contribution is 9.10. The van der Waals surface area contributed by atoms with Crippen LogP contribution in [0.15, 0.2) is 77.3 Å². The van der Waals surface area contributed by atoms with Crippen molar-refractivity contribution in [1.82, 2.24) is 10.2 Å². The molecule has 11 heteroatoms. The molecule has 1 aliphatic carbocycles. The van der Waals surface area contributed by atoms with Crippen molar-refractivity contribution in [2.45, 2.75) is 50.7 Å². The largest absolute Gasteiger partial charge is 0.352 e. The highest BCUT2D eigenvalue weighted by atomic mass is 79.9. The van der Waals surface area contributed by atoms with Crippen LogP contribution < -0.4 is 9.62 Å². The first-order chi connectivity index (χ1) is 19.5. The molecule has 4 rings (SSSR count). The highest BCUT2D eigenvalue weighted by Gasteiger charge is 2.34. The quantitative estimate of drug-likeness (QED) is 0.261. The smallest absolute Gasteiger partial charge is 0.244 e. The molecule has 1 fully saturated rings. The fourth-order valence-corrected chi connectivity index (χ4v) is 6.95. The van der Waals surface area contributed by atoms with Gasteiger partial charge in [-0.15, -0.1) is 0 Å². The third-order valence-electron chi connectivity index (χ3n) is 7.13. The van der Waals surface area contributed by atoms with E-state index < -0.39 is 28.5 Å². The van der Waals surface area contributed by atoms with E-state index in [9.17, 15) is 18.0 Å². The summed E-state index contributed by atoms with van der Waals surface area (Å²) in [6.07, 6.45) is 5.12. The van der Waals surface area contributed by atoms with E-state index in [1.807, 2.05) is 30.3 Å². The Morgan fingerprint density at radius 3 is 2.29 bits per heavy atom. The third-order valence-corrected chi connectivity index (χ3v) is 9.51. The maximum absolute atomic E-state index is 14.2. The molecule has 2 amide bonds. The predicted octanol–water partition coefficient (Wildman–Crippen LogP) is 6.22. The van der Waals surface area contributed by atoms with E-state index in [0.29, 0.717) is 25.8 Å². The summed E-state index contributed by atoms with van der Waals surface area (Å²) < 4.78 is 27.4. The number of amides is 2. The molecule has 1 aliphatic rings. The van der Waals surface area contributed by atoms with Gasteiger partial charge in [0.2, 0.25) is 21.8 Å². The van der Waals surface area contributed by atoms with E-state index in [-0.39, 0.29) is 24.9 Å². The number of nitrogens with zero attached hydrogens (tertiary/aromatic N) is 2. The van der Waals surface area contributed by atoms with Gasteiger partial charge in [0.1, 0.15) is 12.6 Å². The van der Waals surface area contributed by atoms with Gasteiger partial charge < -0.3 is 10.2 Å². The predicted molar refractivity (Wildman–Crippen MR) is 168 cm³/mol. The summed E-state index contributed by atoms with van der Waals surface area (Å²) in [5.74, 6) is -0.828. The molecule has 7 nitrogen and oxygen atoms in total. The SMILES string of the molecule is CS(=O)(=O)N(CC(=O)N(Cc1ccc(Cl)cc1Cl)C(Cc1ccccc1)C(=O)NC1CCCC1)c1ccccc1Br. The van der Waals surface area contributed by atoms with Gasteiger partial charge in [0, 0.05) is 33.5 Å². The first kappa shape index (κ1) is 31.3. The standard InChI is InChI=1S/C30H32BrCl2N3O4S/c1-41(39,40)36(27-14-8-7-13-25(27)31)20-29(37)35(19-22-15-16-23(32)18-26(22)33)28(17-21-9-3-2-4-10-21)30(38)34-24-11-5-6-12-24/h2-4,7-10,13-16,18,24,28H,5-6,11-12,17,19-20H2,1H3,(H,34,38). The number of para-hydroxylation sites is 1. The summed E-state index contributed by atoms with van der Waals surface area (Å²) in [5.41, 5.74) is 1.77. The topological polar surface area (TPSA) is 86.8 Å². The van der Waals surface area contributed by atoms with Crippen molar-refractivity contribution in [3.8, 4) is 0 Å². The van der Waals surface area contributed by atoms with Crippen LogP contribution >= 0.6 is 39.1 Å². The highest BCUT2D eigenvalue weighted by Crippen LogP contribution is 2.29. The zero-order valence-electron chi connectivity index (χ0n) is 22.6. The van der Waals surface area contributed by atoms with Crippen LogP contribution in [0.25, 0.3) is 0 Å². The van der Waals surface area contributed by atoms with E-state index in [1.165, 1.54) is 4.90 Å². The number of rotatable bonds is 11. The summed E-state index contributed by atoms with van der Waals surface area (Å²) >= 11 is 16.1. The molecule has 0 heterocycles. The van der Waals surface area contributed by atoms with Gasteiger partial charge in [0.25, 0.3) is 0 Å². The van der Waals surface area contributed by atoms with E-state index in [2.05, 4.69) is 21.2 Å². The lowest BCUT2D eigenvalue weighted by molar-refractivity contribution is -0.140. The van der Waals surface area contributed by atoms with Crippen LogP contribution in [0, 0.1) is 0 Å². The van der Waals surface area contributed by atoms with Crippen LogP contribution in [0.1, 0.15) is 36.8 Å². The number of sulfonamides is 1. The molecule has 0 aliphatic heterocycles. The summed E-state index contributed by atoms with van der Waals surface area (Å²) in [4.78, 5) is 29.5. The molecular formula is C30H32BrCl2N3O4S. The second-order valence-electron chi connectivity index (χ2n) is 10.2. The number of carbonyl (C=O) groups is 2. The zero-order chi connectivity index (χ0) is 29.6. The van der Waals surface area contributed by atoms with Gasteiger partial charge in [0.05, 0.1) is 11.9 Å². The number of hydrogen-bond acceptors (Lipinski definition) is 4. The van der Waals surface area contributed by atoms with E-state index in [4.69, 9.17) is 23.2 Å². The van der Waals surface area contributed by atoms with Gasteiger partial charge in [-0.05, 0) is 64.2 Å². The van der Waals surface area contributed by atoms with Gasteiger partial charge in [-0.3, -0.25) is 13.9 Å². The summed E-state index contributed by atoms with van der Waals surface area (Å²) in [7, 11) is -3.87. The first-order valence-electron chi connectivity index (χ1n) is 13.3. The summed E-state index contributed by atoms with van der Waals surface area (Å²) in [6.45, 7) is -0.521. The average molecular weight is 681 g/mol. The Morgan fingerprint density at radius 2 is 1.66 bits per heavy atom. The fraction of sp³-hybridized carbons (Fsp3) is 0.333. The second-order valence-corrected chi connectivity index (χ2v) is 13.8. The zero-order valence-corrected chi connectivity index (χ0v) is 26.5. The molecule has 3 aromatic rings. The van der Waals surface area contributed by atoms with Crippen molar-refractivity contribution in [1.29, 1.82) is 0 Å². The summed E-state index contributed by atoms with van der Waals surface area (Å²) in [6, 6.07) is 20.3. The second kappa shape index (κ2) is 14.1. The Morgan fingerprint density at radius 1 is 1.00 bits per heavy atom. The Hall–Kier alpha value is -2.59. The fourth-order valence-electron chi connectivity index (χ4n) is 5.00. The molecule has 1 atom stereocenters. The van der Waals surface area contributed by atoms with Crippen molar-refractivity contribution in [2.24, 2.45) is 0 Å². The van der Waals surface area contributed by atoms with Gasteiger partial charge >= 0.3 is 0 Å². The van der Waals surface area contributed by atoms with Crippen LogP contribution in [-0.4, -0.2) is 50.0 Å². The Kier molecular flexibility index (Phi) is 10.7. The maximum Gasteiger partial charge on any atom is 0.244 e. The van der Waals surface area contributed by atoms with Crippen molar-refractivity contribution in [2.75, 3.05) is 17.1 Å². The molecule has 218 valence electrons. The average Bonchev–Trinajstić information content (AvgIpc) is 3.43. The molecule has 1 unspecified atom stereocenters. The van der Waals surface area contributed by atoms with Gasteiger partial charge in [-0.2, -0.15) is 0 Å². The molecule has 0 aromatic heterocycles. The van der Waals surface area contributed by atoms with Gasteiger partial charge in [-0.1, -0.05) is 84.6 Å². The van der Waals surface area contributed by atoms with Crippen LogP contribution in [0.2, 0.25) is 10.0 Å². The van der Waals surface area contributed by atoms with Gasteiger partial charge in [0.15, 0.2) is 0 Å². The molecule has 0 saturated heterocycles. The molecule has 41 heavy (non-hydrogen) atoms. The van der Waals surface area contributed by atoms with Gasteiger partial charge in [-0.25, -0.2) is 8.42 Å². The van der Waals surface area contributed by atoms with Crippen molar-refractivity contribution < 1.29 is 18.0 Å². The lowest BCUT2D eigenvalue weighted by Crippen LogP contribution is -2.54. The number of hydrogen-bond donors (Lipinski definition) is 1. The Labute approximate surface area is 260 Å². The van der Waals surface area contributed by atoms with E-state index in [1.54, 1.807) is 42.5 Å². The Balaban J connectivity index is 1.75. The van der Waals surface area contributed by atoms with Crippen LogP contribution in [0.3, 0.4) is 0 Å². The minimum atomic E-state index is -3.87. The molecular weight excluding hydrogens is 649 g/mol. The Bertz CT molecular complexity index is 1480. The molecule has 1 saturated carbocycles. The molecule has 0 bridgehead atoms. The number of anilines is 1. The van der Waals surface area contributed by atoms with Crippen molar-refractivity contribution in [3.05, 3.63) is 98.4 Å².